The lowest BCUT2D eigenvalue weighted by molar-refractivity contribution is -0.150. The van der Waals surface area contributed by atoms with Crippen LogP contribution in [-0.4, -0.2) is 142 Å². The number of rotatable bonds is 10. The molecule has 2 saturated heterocycles. The zero-order chi connectivity index (χ0) is 47.5. The summed E-state index contributed by atoms with van der Waals surface area (Å²) < 4.78 is 0. The standard InChI is InChI=1S/C49H65N7O9/c1-8-31(4)43-45(61)51-37(25-30(2)3)46(62)55(7)41(28-34-18-22-36(58)23-19-34)49(65)56-24-12-15-39(56)48(64)53(5)29-42(59)50-38(26-32-13-10-9-11-14-32)47(63)54(6)40(44(60)52-43)27-33-16-20-35(57)21-17-33/h9-11,13-14,16-23,30-31,37-41,43,57-58H,8,12,15,24-29H2,1-7H3,(H,50,59)(H,51,61)(H,52,60). The van der Waals surface area contributed by atoms with E-state index >= 15 is 0 Å². The maximum absolute atomic E-state index is 14.8. The van der Waals surface area contributed by atoms with Crippen molar-refractivity contribution in [1.29, 1.82) is 0 Å². The number of nitrogens with zero attached hydrogens (tertiary/aromatic N) is 4. The first-order valence-electron chi connectivity index (χ1n) is 22.5. The lowest BCUT2D eigenvalue weighted by Gasteiger charge is -2.36. The third-order valence-corrected chi connectivity index (χ3v) is 12.6. The predicted molar refractivity (Wildman–Crippen MR) is 244 cm³/mol. The second-order valence-corrected chi connectivity index (χ2v) is 17.9. The average molecular weight is 896 g/mol. The number of phenolic OH excluding ortho intramolecular Hbond substituents is 2. The number of phenols is 2. The molecular weight excluding hydrogens is 831 g/mol. The highest BCUT2D eigenvalue weighted by molar-refractivity contribution is 5.98. The van der Waals surface area contributed by atoms with Crippen molar-refractivity contribution in [2.45, 2.75) is 109 Å². The van der Waals surface area contributed by atoms with Crippen LogP contribution in [0.5, 0.6) is 11.5 Å². The number of fused-ring (bicyclic) bond motifs is 1. The number of hydrogen-bond acceptors (Lipinski definition) is 9. The van der Waals surface area contributed by atoms with Crippen molar-refractivity contribution in [3.8, 4) is 11.5 Å². The van der Waals surface area contributed by atoms with E-state index in [-0.39, 0.29) is 49.6 Å². The van der Waals surface area contributed by atoms with E-state index < -0.39 is 90.1 Å². The molecular formula is C49H65N7O9. The fourth-order valence-electron chi connectivity index (χ4n) is 8.53. The number of carbonyl (C=O) groups excluding carboxylic acids is 7. The Morgan fingerprint density at radius 2 is 1.15 bits per heavy atom. The van der Waals surface area contributed by atoms with Crippen LogP contribution in [0.4, 0.5) is 0 Å². The maximum atomic E-state index is 14.8. The Kier molecular flexibility index (Phi) is 17.1. The lowest BCUT2D eigenvalue weighted by Crippen LogP contribution is -2.61. The summed E-state index contributed by atoms with van der Waals surface area (Å²) in [7, 11) is 4.39. The van der Waals surface area contributed by atoms with Crippen LogP contribution in [0.3, 0.4) is 0 Å². The summed E-state index contributed by atoms with van der Waals surface area (Å²) in [5.41, 5.74) is 1.96. The second kappa shape index (κ2) is 22.4. The first kappa shape index (κ1) is 49.6. The van der Waals surface area contributed by atoms with Gasteiger partial charge < -0.3 is 45.8 Å². The molecule has 7 amide bonds. The second-order valence-electron chi connectivity index (χ2n) is 17.9. The Morgan fingerprint density at radius 1 is 0.615 bits per heavy atom. The SMILES string of the molecule is CCC(C)C1NC(=O)C(Cc2ccc(O)cc2)N(C)C(=O)C(Cc2ccccc2)NC(=O)CN(C)C(=O)C2CCCN2C(=O)C(Cc2ccc(O)cc2)N(C)C(=O)C(CC(C)C)NC1=O. The van der Waals surface area contributed by atoms with Crippen LogP contribution in [-0.2, 0) is 52.8 Å². The molecule has 2 aliphatic heterocycles. The summed E-state index contributed by atoms with van der Waals surface area (Å²) in [5, 5.41) is 28.7. The fraction of sp³-hybridized carbons (Fsp3) is 0.490. The van der Waals surface area contributed by atoms with Gasteiger partial charge in [0.25, 0.3) is 0 Å². The number of nitrogens with one attached hydrogen (secondary N) is 3. The van der Waals surface area contributed by atoms with Gasteiger partial charge in [-0.25, -0.2) is 0 Å². The van der Waals surface area contributed by atoms with E-state index in [1.807, 2.05) is 26.8 Å². The van der Waals surface area contributed by atoms with Gasteiger partial charge in [-0.3, -0.25) is 33.6 Å². The Morgan fingerprint density at radius 3 is 1.72 bits per heavy atom. The van der Waals surface area contributed by atoms with Crippen molar-refractivity contribution in [1.82, 2.24) is 35.6 Å². The largest absolute Gasteiger partial charge is 0.508 e. The zero-order valence-electron chi connectivity index (χ0n) is 38.5. The number of amides is 7. The Bertz CT molecular complexity index is 2150. The van der Waals surface area contributed by atoms with E-state index in [0.717, 1.165) is 5.56 Å². The van der Waals surface area contributed by atoms with Crippen LogP contribution < -0.4 is 16.0 Å². The summed E-state index contributed by atoms with van der Waals surface area (Å²) in [6.07, 6.45) is 1.49. The van der Waals surface area contributed by atoms with Crippen molar-refractivity contribution < 1.29 is 43.8 Å². The number of carbonyl (C=O) groups is 7. The molecule has 2 heterocycles. The van der Waals surface area contributed by atoms with E-state index in [0.29, 0.717) is 30.4 Å². The van der Waals surface area contributed by atoms with E-state index in [1.54, 1.807) is 55.5 Å². The van der Waals surface area contributed by atoms with Gasteiger partial charge in [-0.05, 0) is 72.1 Å². The van der Waals surface area contributed by atoms with Gasteiger partial charge in [-0.1, -0.05) is 88.7 Å². The van der Waals surface area contributed by atoms with Crippen molar-refractivity contribution in [3.63, 3.8) is 0 Å². The summed E-state index contributed by atoms with van der Waals surface area (Å²) in [4.78, 5) is 107. The fourth-order valence-corrected chi connectivity index (χ4v) is 8.53. The van der Waals surface area contributed by atoms with Crippen molar-refractivity contribution in [3.05, 3.63) is 95.6 Å². The molecule has 16 nitrogen and oxygen atoms in total. The number of benzene rings is 3. The van der Waals surface area contributed by atoms with Crippen LogP contribution >= 0.6 is 0 Å². The molecule has 5 rings (SSSR count). The van der Waals surface area contributed by atoms with Gasteiger partial charge >= 0.3 is 0 Å². The van der Waals surface area contributed by atoms with Crippen LogP contribution in [0.15, 0.2) is 78.9 Å². The van der Waals surface area contributed by atoms with Crippen LogP contribution in [0, 0.1) is 11.8 Å². The first-order valence-corrected chi connectivity index (χ1v) is 22.5. The van der Waals surface area contributed by atoms with Crippen LogP contribution in [0.2, 0.25) is 0 Å². The average Bonchev–Trinajstić information content (AvgIpc) is 3.78. The number of aromatic hydroxyl groups is 2. The molecule has 0 aliphatic carbocycles. The molecule has 2 aliphatic rings. The van der Waals surface area contributed by atoms with Crippen LogP contribution in [0.1, 0.15) is 70.1 Å². The highest BCUT2D eigenvalue weighted by Crippen LogP contribution is 2.25. The molecule has 2 fully saturated rings. The third-order valence-electron chi connectivity index (χ3n) is 12.6. The molecule has 0 spiro atoms. The highest BCUT2D eigenvalue weighted by Gasteiger charge is 2.43. The molecule has 3 aromatic rings. The van der Waals surface area contributed by atoms with Gasteiger partial charge in [0.2, 0.25) is 41.4 Å². The Labute approximate surface area is 381 Å². The smallest absolute Gasteiger partial charge is 0.246 e. The monoisotopic (exact) mass is 895 g/mol. The van der Waals surface area contributed by atoms with E-state index in [4.69, 9.17) is 0 Å². The molecule has 0 saturated carbocycles. The van der Waals surface area contributed by atoms with E-state index in [1.165, 1.54) is 65.0 Å². The molecule has 0 radical (unpaired) electrons. The van der Waals surface area contributed by atoms with Gasteiger partial charge in [-0.15, -0.1) is 0 Å². The van der Waals surface area contributed by atoms with Gasteiger partial charge in [0.05, 0.1) is 6.54 Å². The van der Waals surface area contributed by atoms with E-state index in [9.17, 15) is 43.8 Å². The van der Waals surface area contributed by atoms with Gasteiger partial charge in [0, 0.05) is 47.0 Å². The molecule has 0 bridgehead atoms. The third kappa shape index (κ3) is 12.9. The van der Waals surface area contributed by atoms with Gasteiger partial charge in [0.1, 0.15) is 47.8 Å². The highest BCUT2D eigenvalue weighted by atomic mass is 16.3. The first-order chi connectivity index (χ1) is 30.9. The minimum absolute atomic E-state index is 0.00460. The quantitative estimate of drug-likeness (QED) is 0.203. The number of likely N-dealkylation sites (N-methyl/N-ethyl adjacent to an activating group) is 3. The molecule has 7 unspecified atom stereocenters. The molecule has 5 N–H and O–H groups in total. The van der Waals surface area contributed by atoms with Crippen molar-refractivity contribution in [2.24, 2.45) is 11.8 Å². The number of hydrogen-bond donors (Lipinski definition) is 5. The maximum Gasteiger partial charge on any atom is 0.246 e. The molecule has 16 heteroatoms. The van der Waals surface area contributed by atoms with Gasteiger partial charge in [0.15, 0.2) is 0 Å². The minimum Gasteiger partial charge on any atom is -0.508 e. The summed E-state index contributed by atoms with van der Waals surface area (Å²) in [6.45, 7) is 7.22. The lowest BCUT2D eigenvalue weighted by atomic mass is 9.95. The molecule has 350 valence electrons. The predicted octanol–water partition coefficient (Wildman–Crippen LogP) is 2.79. The molecule has 3 aromatic carbocycles. The molecule has 7 atom stereocenters. The van der Waals surface area contributed by atoms with E-state index in [2.05, 4.69) is 16.0 Å². The Hall–Kier alpha value is -6.45. The molecule has 65 heavy (non-hydrogen) atoms. The van der Waals surface area contributed by atoms with Gasteiger partial charge in [-0.2, -0.15) is 0 Å². The molecule has 0 aromatic heterocycles. The Balaban J connectivity index is 1.61. The topological polar surface area (TPSA) is 209 Å². The van der Waals surface area contributed by atoms with Crippen LogP contribution in [0.25, 0.3) is 0 Å². The summed E-state index contributed by atoms with van der Waals surface area (Å²) in [5.74, 6) is -4.62. The normalized spacial score (nSPS) is 24.0. The minimum atomic E-state index is -1.22. The summed E-state index contributed by atoms with van der Waals surface area (Å²) >= 11 is 0. The summed E-state index contributed by atoms with van der Waals surface area (Å²) in [6, 6.07) is 14.7. The van der Waals surface area contributed by atoms with Crippen molar-refractivity contribution >= 4 is 41.4 Å². The van der Waals surface area contributed by atoms with Crippen molar-refractivity contribution in [2.75, 3.05) is 34.2 Å². The zero-order valence-corrected chi connectivity index (χ0v) is 38.5.